The SMILES string of the molecule is c1cc(Nc2cnc3ccn(CC4CCOCC4)c3n2)[nH]n1. The molecule has 2 N–H and O–H groups in total. The van der Waals surface area contributed by atoms with Gasteiger partial charge in [-0.3, -0.25) is 5.10 Å². The van der Waals surface area contributed by atoms with E-state index < -0.39 is 0 Å². The first-order chi connectivity index (χ1) is 10.9. The Morgan fingerprint density at radius 3 is 3.05 bits per heavy atom. The van der Waals surface area contributed by atoms with Gasteiger partial charge in [0.05, 0.1) is 12.4 Å². The van der Waals surface area contributed by atoms with E-state index in [2.05, 4.69) is 36.2 Å². The molecular weight excluding hydrogens is 280 g/mol. The number of rotatable bonds is 4. The molecule has 3 aromatic rings. The van der Waals surface area contributed by atoms with Gasteiger partial charge in [0.15, 0.2) is 11.5 Å². The fourth-order valence-electron chi connectivity index (χ4n) is 2.83. The molecule has 4 rings (SSSR count). The number of nitrogens with zero attached hydrogens (tertiary/aromatic N) is 4. The lowest BCUT2D eigenvalue weighted by atomic mass is 10.0. The molecule has 0 bridgehead atoms. The van der Waals surface area contributed by atoms with Crippen molar-refractivity contribution >= 4 is 22.8 Å². The molecule has 0 aromatic carbocycles. The van der Waals surface area contributed by atoms with Crippen LogP contribution in [0, 0.1) is 5.92 Å². The molecule has 0 aliphatic carbocycles. The molecule has 1 fully saturated rings. The second-order valence-corrected chi connectivity index (χ2v) is 5.58. The highest BCUT2D eigenvalue weighted by molar-refractivity contribution is 5.73. The molecule has 0 radical (unpaired) electrons. The van der Waals surface area contributed by atoms with Crippen LogP contribution in [-0.2, 0) is 11.3 Å². The molecule has 4 heterocycles. The molecule has 0 spiro atoms. The van der Waals surface area contributed by atoms with Crippen LogP contribution in [0.3, 0.4) is 0 Å². The van der Waals surface area contributed by atoms with E-state index in [4.69, 9.17) is 4.74 Å². The van der Waals surface area contributed by atoms with Crippen LogP contribution in [0.15, 0.2) is 30.7 Å². The van der Waals surface area contributed by atoms with Crippen molar-refractivity contribution in [3.63, 3.8) is 0 Å². The van der Waals surface area contributed by atoms with Gasteiger partial charge in [-0.05, 0) is 24.8 Å². The van der Waals surface area contributed by atoms with Crippen molar-refractivity contribution < 1.29 is 4.74 Å². The highest BCUT2D eigenvalue weighted by Gasteiger charge is 2.16. The van der Waals surface area contributed by atoms with Crippen LogP contribution in [0.4, 0.5) is 11.6 Å². The van der Waals surface area contributed by atoms with Crippen LogP contribution < -0.4 is 5.32 Å². The number of nitrogens with one attached hydrogen (secondary N) is 2. The topological polar surface area (TPSA) is 80.6 Å². The lowest BCUT2D eigenvalue weighted by molar-refractivity contribution is 0.0616. The van der Waals surface area contributed by atoms with E-state index >= 15 is 0 Å². The quantitative estimate of drug-likeness (QED) is 0.772. The van der Waals surface area contributed by atoms with Gasteiger partial charge >= 0.3 is 0 Å². The van der Waals surface area contributed by atoms with Gasteiger partial charge in [0.2, 0.25) is 0 Å². The molecule has 7 nitrogen and oxygen atoms in total. The Balaban J connectivity index is 1.58. The predicted molar refractivity (Wildman–Crippen MR) is 82.9 cm³/mol. The second kappa shape index (κ2) is 5.76. The largest absolute Gasteiger partial charge is 0.381 e. The summed E-state index contributed by atoms with van der Waals surface area (Å²) in [6.07, 6.45) is 7.72. The first kappa shape index (κ1) is 13.3. The van der Waals surface area contributed by atoms with Crippen LogP contribution >= 0.6 is 0 Å². The van der Waals surface area contributed by atoms with Crippen molar-refractivity contribution in [1.82, 2.24) is 24.7 Å². The first-order valence-electron chi connectivity index (χ1n) is 7.54. The fraction of sp³-hybridized carbons (Fsp3) is 0.400. The minimum absolute atomic E-state index is 0.648. The summed E-state index contributed by atoms with van der Waals surface area (Å²) in [6, 6.07) is 3.87. The van der Waals surface area contributed by atoms with Crippen molar-refractivity contribution in [2.75, 3.05) is 18.5 Å². The van der Waals surface area contributed by atoms with Gasteiger partial charge in [0.1, 0.15) is 11.3 Å². The highest BCUT2D eigenvalue weighted by Crippen LogP contribution is 2.21. The second-order valence-electron chi connectivity index (χ2n) is 5.58. The number of aromatic nitrogens is 5. The monoisotopic (exact) mass is 298 g/mol. The Hall–Kier alpha value is -2.41. The lowest BCUT2D eigenvalue weighted by Gasteiger charge is -2.22. The van der Waals surface area contributed by atoms with Gasteiger partial charge < -0.3 is 14.6 Å². The zero-order valence-corrected chi connectivity index (χ0v) is 12.2. The summed E-state index contributed by atoms with van der Waals surface area (Å²) < 4.78 is 7.62. The normalized spacial score (nSPS) is 16.2. The van der Waals surface area contributed by atoms with Crippen LogP contribution in [0.1, 0.15) is 12.8 Å². The Bertz CT molecular complexity index is 745. The summed E-state index contributed by atoms with van der Waals surface area (Å²) in [5, 5.41) is 9.94. The zero-order valence-electron chi connectivity index (χ0n) is 12.2. The van der Waals surface area contributed by atoms with E-state index in [0.29, 0.717) is 11.7 Å². The predicted octanol–water partition coefficient (Wildman–Crippen LogP) is 2.32. The standard InChI is InChI=1S/C15H18N6O/c1-5-17-20-13(1)18-14-9-16-12-2-6-21(15(12)19-14)10-11-3-7-22-8-4-11/h1-2,5-6,9,11H,3-4,7-8,10H2,(H2,17,18,19,20). The van der Waals surface area contributed by atoms with E-state index in [0.717, 1.165) is 49.6 Å². The number of aromatic amines is 1. The molecule has 7 heteroatoms. The number of anilines is 2. The van der Waals surface area contributed by atoms with Crippen LogP contribution in [0.25, 0.3) is 11.2 Å². The van der Waals surface area contributed by atoms with Gasteiger partial charge in [0.25, 0.3) is 0 Å². The molecule has 0 saturated carbocycles. The molecule has 3 aromatic heterocycles. The third-order valence-corrected chi connectivity index (χ3v) is 4.03. The third-order valence-electron chi connectivity index (χ3n) is 4.03. The van der Waals surface area contributed by atoms with Crippen LogP contribution in [-0.4, -0.2) is 37.9 Å². The molecule has 0 amide bonds. The Labute approximate surface area is 127 Å². The Kier molecular flexibility index (Phi) is 3.48. The number of hydrogen-bond acceptors (Lipinski definition) is 5. The van der Waals surface area contributed by atoms with E-state index in [1.807, 2.05) is 12.1 Å². The smallest absolute Gasteiger partial charge is 0.161 e. The van der Waals surface area contributed by atoms with E-state index in [1.54, 1.807) is 12.4 Å². The summed E-state index contributed by atoms with van der Waals surface area (Å²) in [5.41, 5.74) is 1.83. The lowest BCUT2D eigenvalue weighted by Crippen LogP contribution is -2.20. The van der Waals surface area contributed by atoms with E-state index in [9.17, 15) is 0 Å². The Morgan fingerprint density at radius 1 is 1.32 bits per heavy atom. The van der Waals surface area contributed by atoms with Crippen molar-refractivity contribution in [3.05, 3.63) is 30.7 Å². The molecular formula is C15H18N6O. The molecule has 0 unspecified atom stereocenters. The average Bonchev–Trinajstić information content (AvgIpc) is 3.19. The van der Waals surface area contributed by atoms with Crippen molar-refractivity contribution in [3.8, 4) is 0 Å². The van der Waals surface area contributed by atoms with Gasteiger partial charge in [-0.15, -0.1) is 0 Å². The van der Waals surface area contributed by atoms with Crippen LogP contribution in [0.5, 0.6) is 0 Å². The maximum absolute atomic E-state index is 5.43. The molecule has 1 aliphatic heterocycles. The summed E-state index contributed by atoms with van der Waals surface area (Å²) in [4.78, 5) is 9.16. The van der Waals surface area contributed by atoms with Crippen LogP contribution in [0.2, 0.25) is 0 Å². The summed E-state index contributed by atoms with van der Waals surface area (Å²) in [7, 11) is 0. The van der Waals surface area contributed by atoms with Crippen molar-refractivity contribution in [2.24, 2.45) is 5.92 Å². The first-order valence-corrected chi connectivity index (χ1v) is 7.54. The Morgan fingerprint density at radius 2 is 2.23 bits per heavy atom. The maximum Gasteiger partial charge on any atom is 0.161 e. The third kappa shape index (κ3) is 2.67. The van der Waals surface area contributed by atoms with Gasteiger partial charge in [-0.25, -0.2) is 9.97 Å². The number of ether oxygens (including phenoxy) is 1. The number of fused-ring (bicyclic) bond motifs is 1. The van der Waals surface area contributed by atoms with Crippen molar-refractivity contribution in [1.29, 1.82) is 0 Å². The van der Waals surface area contributed by atoms with Gasteiger partial charge in [-0.2, -0.15) is 5.10 Å². The number of H-pyrrole nitrogens is 1. The number of hydrogen-bond donors (Lipinski definition) is 2. The minimum Gasteiger partial charge on any atom is -0.381 e. The molecule has 114 valence electrons. The molecule has 1 aliphatic rings. The zero-order chi connectivity index (χ0) is 14.8. The minimum atomic E-state index is 0.648. The summed E-state index contributed by atoms with van der Waals surface area (Å²) in [6.45, 7) is 2.69. The van der Waals surface area contributed by atoms with Crippen molar-refractivity contribution in [2.45, 2.75) is 19.4 Å². The molecule has 1 saturated heterocycles. The average molecular weight is 298 g/mol. The highest BCUT2D eigenvalue weighted by atomic mass is 16.5. The molecule has 22 heavy (non-hydrogen) atoms. The van der Waals surface area contributed by atoms with E-state index in [1.165, 1.54) is 0 Å². The summed E-state index contributed by atoms with van der Waals surface area (Å²) >= 11 is 0. The maximum atomic E-state index is 5.43. The van der Waals surface area contributed by atoms with Gasteiger partial charge in [-0.1, -0.05) is 0 Å². The molecule has 0 atom stereocenters. The summed E-state index contributed by atoms with van der Waals surface area (Å²) in [5.74, 6) is 2.16. The fourth-order valence-corrected chi connectivity index (χ4v) is 2.83. The van der Waals surface area contributed by atoms with E-state index in [-0.39, 0.29) is 0 Å². The van der Waals surface area contributed by atoms with Gasteiger partial charge in [0, 0.05) is 32.0 Å².